The Kier molecular flexibility index (Phi) is 1.44. The predicted octanol–water partition coefficient (Wildman–Crippen LogP) is 1.37. The number of rotatable bonds is 1. The van der Waals surface area contributed by atoms with E-state index in [1.54, 1.807) is 6.33 Å². The average molecular weight is 161 g/mol. The van der Waals surface area contributed by atoms with Gasteiger partial charge in [-0.1, -0.05) is 0 Å². The van der Waals surface area contributed by atoms with Crippen LogP contribution in [0.5, 0.6) is 0 Å². The van der Waals surface area contributed by atoms with Gasteiger partial charge in [-0.2, -0.15) is 5.26 Å². The molecule has 0 radical (unpaired) electrons. The van der Waals surface area contributed by atoms with Crippen molar-refractivity contribution in [2.75, 3.05) is 0 Å². The summed E-state index contributed by atoms with van der Waals surface area (Å²) in [6.45, 7) is 0. The highest BCUT2D eigenvalue weighted by Gasteiger charge is 2.40. The summed E-state index contributed by atoms with van der Waals surface area (Å²) in [7, 11) is 1.94. The highest BCUT2D eigenvalue weighted by molar-refractivity contribution is 5.28. The molecule has 1 heterocycles. The summed E-state index contributed by atoms with van der Waals surface area (Å²) in [6, 6.07) is 2.40. The quantitative estimate of drug-likeness (QED) is 0.624. The molecule has 1 aromatic heterocycles. The first-order valence-electron chi connectivity index (χ1n) is 4.16. The van der Waals surface area contributed by atoms with Gasteiger partial charge in [-0.05, 0) is 19.3 Å². The molecule has 1 fully saturated rings. The van der Waals surface area contributed by atoms with Crippen LogP contribution in [0.1, 0.15) is 25.0 Å². The SMILES string of the molecule is Cn1cncc1C1(C#N)CCC1. The Bertz CT molecular complexity index is 328. The molecule has 1 aromatic rings. The normalized spacial score (nSPS) is 19.7. The standard InChI is InChI=1S/C9H11N3/c1-12-7-11-5-8(12)9(6-10)3-2-4-9/h5,7H,2-4H2,1H3. The number of nitriles is 1. The van der Waals surface area contributed by atoms with Crippen molar-refractivity contribution in [3.8, 4) is 6.07 Å². The summed E-state index contributed by atoms with van der Waals surface area (Å²) in [4.78, 5) is 4.03. The highest BCUT2D eigenvalue weighted by Crippen LogP contribution is 2.42. The van der Waals surface area contributed by atoms with E-state index in [2.05, 4.69) is 11.1 Å². The van der Waals surface area contributed by atoms with Gasteiger partial charge in [0.05, 0.1) is 23.5 Å². The third-order valence-corrected chi connectivity index (χ3v) is 2.73. The predicted molar refractivity (Wildman–Crippen MR) is 44.4 cm³/mol. The van der Waals surface area contributed by atoms with E-state index in [1.165, 1.54) is 6.42 Å². The molecular formula is C9H11N3. The van der Waals surface area contributed by atoms with Gasteiger partial charge >= 0.3 is 0 Å². The van der Waals surface area contributed by atoms with Crippen molar-refractivity contribution < 1.29 is 0 Å². The van der Waals surface area contributed by atoms with E-state index in [-0.39, 0.29) is 5.41 Å². The van der Waals surface area contributed by atoms with Crippen molar-refractivity contribution in [1.29, 1.82) is 5.26 Å². The first-order chi connectivity index (χ1) is 5.78. The van der Waals surface area contributed by atoms with Gasteiger partial charge in [0.15, 0.2) is 0 Å². The van der Waals surface area contributed by atoms with E-state index in [0.29, 0.717) is 0 Å². The number of hydrogen-bond acceptors (Lipinski definition) is 2. The molecule has 3 heteroatoms. The van der Waals surface area contributed by atoms with E-state index in [9.17, 15) is 0 Å². The summed E-state index contributed by atoms with van der Waals surface area (Å²) < 4.78 is 1.95. The van der Waals surface area contributed by atoms with E-state index in [1.807, 2.05) is 17.8 Å². The monoisotopic (exact) mass is 161 g/mol. The van der Waals surface area contributed by atoms with Gasteiger partial charge in [0.25, 0.3) is 0 Å². The third kappa shape index (κ3) is 0.781. The Hall–Kier alpha value is -1.30. The maximum Gasteiger partial charge on any atom is 0.0989 e. The Morgan fingerprint density at radius 2 is 2.42 bits per heavy atom. The van der Waals surface area contributed by atoms with Crippen molar-refractivity contribution in [2.45, 2.75) is 24.7 Å². The first kappa shape index (κ1) is 7.35. The van der Waals surface area contributed by atoms with Crippen LogP contribution in [-0.2, 0) is 12.5 Å². The fourth-order valence-electron chi connectivity index (χ4n) is 1.77. The van der Waals surface area contributed by atoms with Gasteiger partial charge in [-0.15, -0.1) is 0 Å². The van der Waals surface area contributed by atoms with Crippen LogP contribution in [0.15, 0.2) is 12.5 Å². The minimum Gasteiger partial charge on any atom is -0.336 e. The molecule has 0 unspecified atom stereocenters. The second kappa shape index (κ2) is 2.34. The zero-order chi connectivity index (χ0) is 8.60. The summed E-state index contributed by atoms with van der Waals surface area (Å²) in [5.74, 6) is 0. The molecule has 1 aliphatic carbocycles. The van der Waals surface area contributed by atoms with Crippen LogP contribution in [0.2, 0.25) is 0 Å². The molecular weight excluding hydrogens is 150 g/mol. The maximum atomic E-state index is 9.04. The van der Waals surface area contributed by atoms with E-state index < -0.39 is 0 Å². The Morgan fingerprint density at radius 3 is 2.75 bits per heavy atom. The smallest absolute Gasteiger partial charge is 0.0989 e. The molecule has 0 aromatic carbocycles. The van der Waals surface area contributed by atoms with Crippen LogP contribution in [0.4, 0.5) is 0 Å². The van der Waals surface area contributed by atoms with Crippen LogP contribution >= 0.6 is 0 Å². The lowest BCUT2D eigenvalue weighted by atomic mass is 9.68. The average Bonchev–Trinajstić information content (AvgIpc) is 2.36. The number of hydrogen-bond donors (Lipinski definition) is 0. The van der Waals surface area contributed by atoms with Gasteiger partial charge in [0.2, 0.25) is 0 Å². The van der Waals surface area contributed by atoms with Gasteiger partial charge in [-0.25, -0.2) is 4.98 Å². The second-order valence-electron chi connectivity index (χ2n) is 3.44. The van der Waals surface area contributed by atoms with Crippen molar-refractivity contribution in [1.82, 2.24) is 9.55 Å². The van der Waals surface area contributed by atoms with Crippen LogP contribution in [-0.4, -0.2) is 9.55 Å². The molecule has 2 rings (SSSR count). The van der Waals surface area contributed by atoms with Gasteiger partial charge in [0, 0.05) is 13.2 Å². The Balaban J connectivity index is 2.42. The molecule has 0 aliphatic heterocycles. The van der Waals surface area contributed by atoms with Crippen molar-refractivity contribution >= 4 is 0 Å². The molecule has 0 spiro atoms. The third-order valence-electron chi connectivity index (χ3n) is 2.73. The topological polar surface area (TPSA) is 41.6 Å². The minimum atomic E-state index is -0.217. The lowest BCUT2D eigenvalue weighted by molar-refractivity contribution is 0.309. The number of aryl methyl sites for hydroxylation is 1. The zero-order valence-electron chi connectivity index (χ0n) is 7.12. The molecule has 12 heavy (non-hydrogen) atoms. The fraction of sp³-hybridized carbons (Fsp3) is 0.556. The number of imidazole rings is 1. The van der Waals surface area contributed by atoms with Crippen molar-refractivity contribution in [3.63, 3.8) is 0 Å². The zero-order valence-corrected chi connectivity index (χ0v) is 7.12. The van der Waals surface area contributed by atoms with Gasteiger partial charge < -0.3 is 4.57 Å². The molecule has 3 nitrogen and oxygen atoms in total. The van der Waals surface area contributed by atoms with Crippen molar-refractivity contribution in [3.05, 3.63) is 18.2 Å². The Morgan fingerprint density at radius 1 is 1.67 bits per heavy atom. The van der Waals surface area contributed by atoms with Crippen molar-refractivity contribution in [2.24, 2.45) is 7.05 Å². The van der Waals surface area contributed by atoms with Crippen LogP contribution in [0, 0.1) is 11.3 Å². The first-order valence-corrected chi connectivity index (χ1v) is 4.16. The largest absolute Gasteiger partial charge is 0.336 e. The molecule has 0 saturated heterocycles. The number of aromatic nitrogens is 2. The minimum absolute atomic E-state index is 0.217. The van der Waals surface area contributed by atoms with Gasteiger partial charge in [0.1, 0.15) is 0 Å². The molecule has 0 N–H and O–H groups in total. The molecule has 1 aliphatic rings. The lowest BCUT2D eigenvalue weighted by Gasteiger charge is -2.34. The van der Waals surface area contributed by atoms with E-state index in [0.717, 1.165) is 18.5 Å². The van der Waals surface area contributed by atoms with E-state index >= 15 is 0 Å². The van der Waals surface area contributed by atoms with Crippen LogP contribution in [0.3, 0.4) is 0 Å². The van der Waals surface area contributed by atoms with Crippen LogP contribution in [0.25, 0.3) is 0 Å². The molecule has 62 valence electrons. The van der Waals surface area contributed by atoms with E-state index in [4.69, 9.17) is 5.26 Å². The molecule has 0 atom stereocenters. The fourth-order valence-corrected chi connectivity index (χ4v) is 1.77. The summed E-state index contributed by atoms with van der Waals surface area (Å²) in [5.41, 5.74) is 0.849. The number of nitrogens with zero attached hydrogens (tertiary/aromatic N) is 3. The second-order valence-corrected chi connectivity index (χ2v) is 3.44. The molecule has 1 saturated carbocycles. The summed E-state index contributed by atoms with van der Waals surface area (Å²) >= 11 is 0. The molecule has 0 amide bonds. The summed E-state index contributed by atoms with van der Waals surface area (Å²) in [6.07, 6.45) is 6.71. The van der Waals surface area contributed by atoms with Crippen LogP contribution < -0.4 is 0 Å². The highest BCUT2D eigenvalue weighted by atomic mass is 15.0. The lowest BCUT2D eigenvalue weighted by Crippen LogP contribution is -2.34. The van der Waals surface area contributed by atoms with Gasteiger partial charge in [-0.3, -0.25) is 0 Å². The summed E-state index contributed by atoms with van der Waals surface area (Å²) in [5, 5.41) is 9.04. The maximum absolute atomic E-state index is 9.04. The Labute approximate surface area is 71.6 Å². The molecule has 0 bridgehead atoms.